The molecule has 6 heteroatoms. The van der Waals surface area contributed by atoms with E-state index in [0.29, 0.717) is 25.0 Å². The van der Waals surface area contributed by atoms with E-state index < -0.39 is 0 Å². The van der Waals surface area contributed by atoms with Gasteiger partial charge in [-0.3, -0.25) is 9.59 Å². The monoisotopic (exact) mass is 361 g/mol. The van der Waals surface area contributed by atoms with Crippen LogP contribution in [0.15, 0.2) is 12.7 Å². The molecular weight excluding hydrogens is 334 g/mol. The highest BCUT2D eigenvalue weighted by Gasteiger charge is 2.29. The third-order valence-electron chi connectivity index (χ3n) is 5.19. The van der Waals surface area contributed by atoms with Crippen LogP contribution in [-0.2, 0) is 29.0 Å². The van der Waals surface area contributed by atoms with E-state index in [1.165, 1.54) is 23.1 Å². The number of carbonyl (C=O) groups excluding carboxylic acids is 2. The van der Waals surface area contributed by atoms with Gasteiger partial charge in [0.05, 0.1) is 18.2 Å². The molecule has 25 heavy (non-hydrogen) atoms. The van der Waals surface area contributed by atoms with Gasteiger partial charge in [-0.25, -0.2) is 4.98 Å². The van der Waals surface area contributed by atoms with Crippen LogP contribution < -0.4 is 5.32 Å². The highest BCUT2D eigenvalue weighted by atomic mass is 32.1. The summed E-state index contributed by atoms with van der Waals surface area (Å²) >= 11 is 1.73. The van der Waals surface area contributed by atoms with Gasteiger partial charge >= 0.3 is 0 Å². The van der Waals surface area contributed by atoms with Gasteiger partial charge in [-0.15, -0.1) is 11.3 Å². The summed E-state index contributed by atoms with van der Waals surface area (Å²) in [5.74, 6) is -0.200. The van der Waals surface area contributed by atoms with Crippen molar-refractivity contribution in [2.75, 3.05) is 13.1 Å². The van der Waals surface area contributed by atoms with Gasteiger partial charge in [0.2, 0.25) is 11.8 Å². The number of piperidine rings is 1. The SMILES string of the molecule is C=CC(=O)N1CCCC(C(=O)NCc2nc3c(s2)CC(C)(C)CC3)C1. The Morgan fingerprint density at radius 3 is 3.04 bits per heavy atom. The number of likely N-dealkylation sites (tertiary alicyclic amines) is 1. The lowest BCUT2D eigenvalue weighted by molar-refractivity contribution is -0.132. The third-order valence-corrected chi connectivity index (χ3v) is 6.29. The van der Waals surface area contributed by atoms with Gasteiger partial charge < -0.3 is 10.2 Å². The predicted octanol–water partition coefficient (Wildman–Crippen LogP) is 2.70. The Bertz CT molecular complexity index is 680. The first kappa shape index (κ1) is 18.1. The van der Waals surface area contributed by atoms with Gasteiger partial charge in [0.25, 0.3) is 0 Å². The summed E-state index contributed by atoms with van der Waals surface area (Å²) in [5, 5.41) is 4.01. The van der Waals surface area contributed by atoms with Crippen LogP contribution in [0.1, 0.15) is 48.7 Å². The van der Waals surface area contributed by atoms with Crippen LogP contribution in [0.5, 0.6) is 0 Å². The molecule has 0 saturated carbocycles. The zero-order chi connectivity index (χ0) is 18.0. The van der Waals surface area contributed by atoms with Gasteiger partial charge in [-0.2, -0.15) is 0 Å². The Labute approximate surface area is 153 Å². The van der Waals surface area contributed by atoms with E-state index in [1.54, 1.807) is 16.2 Å². The minimum absolute atomic E-state index is 0.0232. The number of carbonyl (C=O) groups is 2. The number of aromatic nitrogens is 1. The second-order valence-electron chi connectivity index (χ2n) is 7.86. The molecular formula is C19H27N3O2S. The van der Waals surface area contributed by atoms with E-state index in [1.807, 2.05) is 0 Å². The lowest BCUT2D eigenvalue weighted by atomic mass is 9.79. The second kappa shape index (κ2) is 7.28. The molecule has 2 aliphatic rings. The lowest BCUT2D eigenvalue weighted by Crippen LogP contribution is -2.44. The largest absolute Gasteiger partial charge is 0.349 e. The summed E-state index contributed by atoms with van der Waals surface area (Å²) in [5.41, 5.74) is 1.57. The molecule has 0 aromatic carbocycles. The first-order chi connectivity index (χ1) is 11.9. The summed E-state index contributed by atoms with van der Waals surface area (Å²) in [7, 11) is 0. The molecule has 0 radical (unpaired) electrons. The first-order valence-electron chi connectivity index (χ1n) is 9.04. The molecule has 1 saturated heterocycles. The molecule has 2 amide bonds. The molecule has 136 valence electrons. The molecule has 1 aliphatic heterocycles. The second-order valence-corrected chi connectivity index (χ2v) is 9.03. The van der Waals surface area contributed by atoms with E-state index >= 15 is 0 Å². The van der Waals surface area contributed by atoms with E-state index in [-0.39, 0.29) is 17.7 Å². The molecule has 1 fully saturated rings. The number of aryl methyl sites for hydroxylation is 1. The molecule has 2 heterocycles. The summed E-state index contributed by atoms with van der Waals surface area (Å²) in [6.07, 6.45) is 6.30. The Morgan fingerprint density at radius 2 is 2.28 bits per heavy atom. The number of amides is 2. The average molecular weight is 362 g/mol. The van der Waals surface area contributed by atoms with Crippen molar-refractivity contribution < 1.29 is 9.59 Å². The van der Waals surface area contributed by atoms with Gasteiger partial charge in [-0.1, -0.05) is 20.4 Å². The maximum atomic E-state index is 12.5. The fraction of sp³-hybridized carbons (Fsp3) is 0.632. The minimum Gasteiger partial charge on any atom is -0.349 e. The Kier molecular flexibility index (Phi) is 5.27. The minimum atomic E-state index is -0.133. The molecule has 1 N–H and O–H groups in total. The van der Waals surface area contributed by atoms with Crippen molar-refractivity contribution in [3.05, 3.63) is 28.2 Å². The van der Waals surface area contributed by atoms with Gasteiger partial charge in [0.15, 0.2) is 0 Å². The molecule has 1 aromatic heterocycles. The maximum absolute atomic E-state index is 12.5. The molecule has 1 atom stereocenters. The summed E-state index contributed by atoms with van der Waals surface area (Å²) in [6, 6.07) is 0. The fourth-order valence-corrected chi connectivity index (χ4v) is 4.97. The maximum Gasteiger partial charge on any atom is 0.245 e. The van der Waals surface area contributed by atoms with Crippen LogP contribution >= 0.6 is 11.3 Å². The zero-order valence-electron chi connectivity index (χ0n) is 15.1. The standard InChI is InChI=1S/C19H27N3O2S/c1-4-17(23)22-9-5-6-13(12-22)18(24)20-11-16-21-14-7-8-19(2,3)10-15(14)25-16/h4,13H,1,5-12H2,2-3H3,(H,20,24). The number of fused-ring (bicyclic) bond motifs is 1. The van der Waals surface area contributed by atoms with Crippen molar-refractivity contribution in [1.82, 2.24) is 15.2 Å². The summed E-state index contributed by atoms with van der Waals surface area (Å²) < 4.78 is 0. The van der Waals surface area contributed by atoms with Crippen molar-refractivity contribution in [3.63, 3.8) is 0 Å². The van der Waals surface area contributed by atoms with Gasteiger partial charge in [0.1, 0.15) is 5.01 Å². The highest BCUT2D eigenvalue weighted by molar-refractivity contribution is 7.11. The van der Waals surface area contributed by atoms with Crippen molar-refractivity contribution in [1.29, 1.82) is 0 Å². The molecule has 1 aliphatic carbocycles. The predicted molar refractivity (Wildman–Crippen MR) is 99.3 cm³/mol. The smallest absolute Gasteiger partial charge is 0.245 e. The molecule has 5 nitrogen and oxygen atoms in total. The molecule has 0 spiro atoms. The Hall–Kier alpha value is -1.69. The number of thiazole rings is 1. The number of nitrogens with zero attached hydrogens (tertiary/aromatic N) is 2. The normalized spacial score (nSPS) is 22.2. The third kappa shape index (κ3) is 4.29. The Morgan fingerprint density at radius 1 is 1.48 bits per heavy atom. The van der Waals surface area contributed by atoms with E-state index in [0.717, 1.165) is 30.7 Å². The fourth-order valence-electron chi connectivity index (χ4n) is 3.65. The van der Waals surface area contributed by atoms with Crippen molar-refractivity contribution in [2.45, 2.75) is 52.5 Å². The van der Waals surface area contributed by atoms with Crippen LogP contribution in [0.25, 0.3) is 0 Å². The molecule has 3 rings (SSSR count). The quantitative estimate of drug-likeness (QED) is 0.839. The zero-order valence-corrected chi connectivity index (χ0v) is 16.0. The first-order valence-corrected chi connectivity index (χ1v) is 9.86. The Balaban J connectivity index is 1.55. The number of nitrogens with one attached hydrogen (secondary N) is 1. The van der Waals surface area contributed by atoms with Crippen molar-refractivity contribution in [3.8, 4) is 0 Å². The molecule has 1 aromatic rings. The average Bonchev–Trinajstić information content (AvgIpc) is 2.99. The lowest BCUT2D eigenvalue weighted by Gasteiger charge is -2.31. The van der Waals surface area contributed by atoms with Gasteiger partial charge in [-0.05, 0) is 43.6 Å². The van der Waals surface area contributed by atoms with Crippen LogP contribution in [0.4, 0.5) is 0 Å². The molecule has 1 unspecified atom stereocenters. The number of hydrogen-bond acceptors (Lipinski definition) is 4. The summed E-state index contributed by atoms with van der Waals surface area (Å²) in [4.78, 5) is 32.0. The summed E-state index contributed by atoms with van der Waals surface area (Å²) in [6.45, 7) is 9.82. The van der Waals surface area contributed by atoms with Crippen molar-refractivity contribution >= 4 is 23.2 Å². The van der Waals surface area contributed by atoms with Crippen LogP contribution in [0.2, 0.25) is 0 Å². The van der Waals surface area contributed by atoms with Crippen LogP contribution in [0.3, 0.4) is 0 Å². The van der Waals surface area contributed by atoms with Gasteiger partial charge in [0, 0.05) is 18.0 Å². The van der Waals surface area contributed by atoms with Crippen LogP contribution in [-0.4, -0.2) is 34.8 Å². The number of rotatable bonds is 4. The topological polar surface area (TPSA) is 62.3 Å². The highest BCUT2D eigenvalue weighted by Crippen LogP contribution is 2.37. The van der Waals surface area contributed by atoms with Crippen molar-refractivity contribution in [2.24, 2.45) is 11.3 Å². The van der Waals surface area contributed by atoms with Crippen LogP contribution in [0, 0.1) is 11.3 Å². The number of hydrogen-bond donors (Lipinski definition) is 1. The van der Waals surface area contributed by atoms with E-state index in [2.05, 4.69) is 25.7 Å². The van der Waals surface area contributed by atoms with E-state index in [9.17, 15) is 9.59 Å². The molecule has 0 bridgehead atoms. The van der Waals surface area contributed by atoms with E-state index in [4.69, 9.17) is 4.98 Å².